The molecule has 2 rings (SSSR count). The smallest absolute Gasteiger partial charge is 0.167 e. The summed E-state index contributed by atoms with van der Waals surface area (Å²) in [6.45, 7) is 6.18. The second kappa shape index (κ2) is 6.39. The van der Waals surface area contributed by atoms with Crippen molar-refractivity contribution < 1.29 is 4.58 Å². The summed E-state index contributed by atoms with van der Waals surface area (Å²) in [4.78, 5) is 2.30. The molecule has 0 saturated heterocycles. The number of anilines is 1. The van der Waals surface area contributed by atoms with E-state index in [9.17, 15) is 0 Å². The van der Waals surface area contributed by atoms with Gasteiger partial charge in [-0.15, -0.1) is 0 Å². The van der Waals surface area contributed by atoms with E-state index in [0.29, 0.717) is 0 Å². The third-order valence-corrected chi connectivity index (χ3v) is 3.02. The van der Waals surface area contributed by atoms with Crippen molar-refractivity contribution >= 4 is 11.9 Å². The van der Waals surface area contributed by atoms with Gasteiger partial charge >= 0.3 is 0 Å². The lowest BCUT2D eigenvalue weighted by atomic mass is 10.1. The van der Waals surface area contributed by atoms with Crippen molar-refractivity contribution in [3.63, 3.8) is 0 Å². The summed E-state index contributed by atoms with van der Waals surface area (Å²) in [5.74, 6) is 0. The molecule has 18 heavy (non-hydrogen) atoms. The van der Waals surface area contributed by atoms with Crippen LogP contribution in [0.3, 0.4) is 0 Å². The number of hydrogen-bond donors (Lipinski definition) is 0. The monoisotopic (exact) mass is 245 g/mol. The van der Waals surface area contributed by atoms with E-state index >= 15 is 0 Å². The molecule has 1 aliphatic rings. The maximum Gasteiger partial charge on any atom is 0.167 e. The molecule has 0 bridgehead atoms. The standard InChI is InChI=1S/C14H19N2.C2H6/c1-11(10-15(2)3)14-9-12-7-5-6-8-13(12)16(14)4;1-2/h5-8,10H,9H2,1-4H3;1-2H3/q+1;. The van der Waals surface area contributed by atoms with E-state index in [4.69, 9.17) is 0 Å². The van der Waals surface area contributed by atoms with E-state index in [-0.39, 0.29) is 0 Å². The van der Waals surface area contributed by atoms with Gasteiger partial charge in [0.25, 0.3) is 0 Å². The summed E-state index contributed by atoms with van der Waals surface area (Å²) in [7, 11) is 6.27. The van der Waals surface area contributed by atoms with Crippen LogP contribution >= 0.6 is 0 Å². The van der Waals surface area contributed by atoms with Crippen molar-refractivity contribution in [2.24, 2.45) is 0 Å². The molecule has 2 heteroatoms. The number of hydrogen-bond acceptors (Lipinski definition) is 1. The van der Waals surface area contributed by atoms with Gasteiger partial charge < -0.3 is 4.90 Å². The van der Waals surface area contributed by atoms with Crippen LogP contribution < -0.4 is 4.90 Å². The molecule has 0 amide bonds. The van der Waals surface area contributed by atoms with Gasteiger partial charge in [0.2, 0.25) is 0 Å². The van der Waals surface area contributed by atoms with Crippen LogP contribution in [-0.4, -0.2) is 31.9 Å². The average Bonchev–Trinajstić information content (AvgIpc) is 2.69. The molecule has 1 aromatic rings. The molecular weight excluding hydrogens is 220 g/mol. The molecule has 0 N–H and O–H groups in total. The van der Waals surface area contributed by atoms with E-state index < -0.39 is 0 Å². The van der Waals surface area contributed by atoms with Crippen molar-refractivity contribution in [2.75, 3.05) is 26.0 Å². The summed E-state index contributed by atoms with van der Waals surface area (Å²) in [6, 6.07) is 8.61. The summed E-state index contributed by atoms with van der Waals surface area (Å²) in [5, 5.41) is 0. The van der Waals surface area contributed by atoms with Gasteiger partial charge in [-0.25, -0.2) is 4.58 Å². The van der Waals surface area contributed by atoms with Crippen molar-refractivity contribution in [3.05, 3.63) is 41.1 Å². The van der Waals surface area contributed by atoms with Crippen LogP contribution in [0.2, 0.25) is 0 Å². The summed E-state index contributed by atoms with van der Waals surface area (Å²) >= 11 is 0. The third-order valence-electron chi connectivity index (χ3n) is 3.02. The minimum absolute atomic E-state index is 1.04. The van der Waals surface area contributed by atoms with Crippen molar-refractivity contribution in [2.45, 2.75) is 27.2 Å². The number of fused-ring (bicyclic) bond motifs is 1. The molecule has 0 unspecified atom stereocenters. The van der Waals surface area contributed by atoms with Gasteiger partial charge in [0.15, 0.2) is 6.21 Å². The molecule has 0 saturated carbocycles. The molecule has 0 aromatic heterocycles. The minimum atomic E-state index is 1.04. The first-order valence-corrected chi connectivity index (χ1v) is 6.62. The first-order chi connectivity index (χ1) is 8.59. The molecule has 2 nitrogen and oxygen atoms in total. The van der Waals surface area contributed by atoms with E-state index in [2.05, 4.69) is 68.0 Å². The van der Waals surface area contributed by atoms with Crippen LogP contribution in [0, 0.1) is 0 Å². The largest absolute Gasteiger partial charge is 0.347 e. The van der Waals surface area contributed by atoms with Crippen LogP contribution in [0.4, 0.5) is 5.69 Å². The topological polar surface area (TPSA) is 6.25 Å². The number of likely N-dealkylation sites (N-methyl/N-ethyl adjacent to an activating group) is 1. The average molecular weight is 245 g/mol. The predicted octanol–water partition coefficient (Wildman–Crippen LogP) is 3.32. The highest BCUT2D eigenvalue weighted by Gasteiger charge is 2.22. The first-order valence-electron chi connectivity index (χ1n) is 6.62. The van der Waals surface area contributed by atoms with Gasteiger partial charge in [-0.05, 0) is 18.6 Å². The second-order valence-electron chi connectivity index (χ2n) is 4.59. The third kappa shape index (κ3) is 3.00. The zero-order chi connectivity index (χ0) is 13.7. The highest BCUT2D eigenvalue weighted by atomic mass is 15.1. The fraction of sp³-hybridized carbons (Fsp3) is 0.438. The number of allylic oxidation sites excluding steroid dienone is 2. The van der Waals surface area contributed by atoms with Crippen LogP contribution in [0.15, 0.2) is 35.5 Å². The van der Waals surface area contributed by atoms with E-state index in [1.54, 1.807) is 0 Å². The van der Waals surface area contributed by atoms with Crippen LogP contribution in [0.25, 0.3) is 0 Å². The van der Waals surface area contributed by atoms with Crippen LogP contribution in [-0.2, 0) is 6.42 Å². The Morgan fingerprint density at radius 3 is 2.39 bits per heavy atom. The minimum Gasteiger partial charge on any atom is -0.347 e. The molecule has 1 aromatic carbocycles. The normalized spacial score (nSPS) is 15.6. The van der Waals surface area contributed by atoms with Crippen LogP contribution in [0.1, 0.15) is 26.3 Å². The summed E-state index contributed by atoms with van der Waals surface area (Å²) in [5.41, 5.74) is 5.49. The van der Waals surface area contributed by atoms with E-state index in [1.165, 1.54) is 22.5 Å². The zero-order valence-corrected chi connectivity index (χ0v) is 12.5. The lowest BCUT2D eigenvalue weighted by molar-refractivity contribution is -0.459. The number of rotatable bonds is 1. The maximum atomic E-state index is 2.30. The van der Waals surface area contributed by atoms with Crippen molar-refractivity contribution in [3.8, 4) is 0 Å². The Hall–Kier alpha value is -1.57. The lowest BCUT2D eigenvalue weighted by Gasteiger charge is -2.15. The maximum absolute atomic E-state index is 2.30. The molecule has 1 aliphatic heterocycles. The lowest BCUT2D eigenvalue weighted by Crippen LogP contribution is -2.14. The summed E-state index contributed by atoms with van der Waals surface area (Å²) in [6.07, 6.45) is 3.22. The molecular formula is C16H25N2+. The number of para-hydroxylation sites is 1. The summed E-state index contributed by atoms with van der Waals surface area (Å²) < 4.78 is 2.10. The van der Waals surface area contributed by atoms with Gasteiger partial charge in [0.1, 0.15) is 14.1 Å². The second-order valence-corrected chi connectivity index (χ2v) is 4.59. The Balaban J connectivity index is 0.000000771. The molecule has 0 fully saturated rings. The van der Waals surface area contributed by atoms with Gasteiger partial charge in [-0.1, -0.05) is 32.0 Å². The quantitative estimate of drug-likeness (QED) is 0.543. The molecule has 0 aliphatic carbocycles. The van der Waals surface area contributed by atoms with E-state index in [1.807, 2.05) is 13.8 Å². The van der Waals surface area contributed by atoms with Gasteiger partial charge in [0.05, 0.1) is 0 Å². The molecule has 1 heterocycles. The first kappa shape index (κ1) is 14.5. The molecule has 98 valence electrons. The van der Waals surface area contributed by atoms with Gasteiger partial charge in [-0.2, -0.15) is 0 Å². The Labute approximate surface area is 111 Å². The van der Waals surface area contributed by atoms with Crippen molar-refractivity contribution in [1.82, 2.24) is 0 Å². The fourth-order valence-electron chi connectivity index (χ4n) is 2.30. The van der Waals surface area contributed by atoms with Gasteiger partial charge in [-0.3, -0.25) is 0 Å². The van der Waals surface area contributed by atoms with Crippen LogP contribution in [0.5, 0.6) is 0 Å². The Bertz CT molecular complexity index is 466. The Morgan fingerprint density at radius 1 is 1.22 bits per heavy atom. The zero-order valence-electron chi connectivity index (χ0n) is 12.5. The van der Waals surface area contributed by atoms with E-state index in [0.717, 1.165) is 6.42 Å². The van der Waals surface area contributed by atoms with Gasteiger partial charge in [0, 0.05) is 30.4 Å². The molecule has 0 atom stereocenters. The Kier molecular flexibility index (Phi) is 5.14. The fourth-order valence-corrected chi connectivity index (χ4v) is 2.30. The number of benzene rings is 1. The molecule has 0 radical (unpaired) electrons. The SMILES string of the molecule is CC.CC(C=[N+](C)C)=C1Cc2ccccc2N1C. The Morgan fingerprint density at radius 2 is 1.83 bits per heavy atom. The van der Waals surface area contributed by atoms with Crippen molar-refractivity contribution in [1.29, 1.82) is 0 Å². The highest BCUT2D eigenvalue weighted by Crippen LogP contribution is 2.33. The number of nitrogens with zero attached hydrogens (tertiary/aromatic N) is 2. The molecule has 0 spiro atoms. The highest BCUT2D eigenvalue weighted by molar-refractivity contribution is 5.79. The predicted molar refractivity (Wildman–Crippen MR) is 80.8 cm³/mol.